The van der Waals surface area contributed by atoms with Gasteiger partial charge in [0.05, 0.1) is 39.6 Å². The van der Waals surface area contributed by atoms with Crippen LogP contribution in [-0.2, 0) is 47.7 Å². The quantitative estimate of drug-likeness (QED) is 0.0607. The first-order valence-corrected chi connectivity index (χ1v) is 17.2. The molecular formula is C33H59N3O12. The average Bonchev–Trinajstić information content (AvgIpc) is 3.03. The molecule has 0 aliphatic rings. The minimum absolute atomic E-state index is 0.0229. The second-order valence-corrected chi connectivity index (χ2v) is 11.5. The lowest BCUT2D eigenvalue weighted by Gasteiger charge is -2.14. The molecule has 15 heteroatoms. The predicted molar refractivity (Wildman–Crippen MR) is 176 cm³/mol. The normalized spacial score (nSPS) is 11.5. The van der Waals surface area contributed by atoms with Crippen LogP contribution in [0.1, 0.15) is 103 Å². The van der Waals surface area contributed by atoms with Gasteiger partial charge in [-0.05, 0) is 26.2 Å². The number of hydrogen-bond acceptors (Lipinski definition) is 10. The standard InChI is InChI=1S/C33H59N3O12/c1-27(37)25-47-23-21-46-20-18-35-31(40)26-48-24-22-45-19-17-34-29(38)16-15-28(33(43)44)36-30(39)13-11-9-7-5-3-2-4-6-8-10-12-14-32(41)42/h28H,2-26H2,1H3,(H,34,38)(H,35,40)(H,36,39)(H,41,42)(H,43,44)/t28-/m0/s1. The lowest BCUT2D eigenvalue weighted by atomic mass is 10.0. The molecule has 0 aliphatic heterocycles. The van der Waals surface area contributed by atoms with E-state index in [1.807, 2.05) is 0 Å². The van der Waals surface area contributed by atoms with E-state index in [0.717, 1.165) is 64.2 Å². The molecule has 0 aromatic carbocycles. The number of Topliss-reactive ketones (excluding diaryl/α,β-unsaturated/α-hetero) is 1. The molecule has 3 amide bonds. The number of unbranched alkanes of at least 4 members (excludes halogenated alkanes) is 10. The Morgan fingerprint density at radius 3 is 1.48 bits per heavy atom. The van der Waals surface area contributed by atoms with Crippen LogP contribution in [0.5, 0.6) is 0 Å². The second-order valence-electron chi connectivity index (χ2n) is 11.5. The first kappa shape index (κ1) is 44.9. The molecule has 0 radical (unpaired) electrons. The van der Waals surface area contributed by atoms with Crippen LogP contribution in [0.2, 0.25) is 0 Å². The van der Waals surface area contributed by atoms with Gasteiger partial charge in [-0.2, -0.15) is 0 Å². The molecular weight excluding hydrogens is 630 g/mol. The van der Waals surface area contributed by atoms with Crippen molar-refractivity contribution in [3.05, 3.63) is 0 Å². The van der Waals surface area contributed by atoms with E-state index in [1.165, 1.54) is 6.92 Å². The van der Waals surface area contributed by atoms with Gasteiger partial charge >= 0.3 is 11.9 Å². The number of nitrogens with one attached hydrogen (secondary N) is 3. The van der Waals surface area contributed by atoms with Gasteiger partial charge in [0, 0.05) is 32.4 Å². The van der Waals surface area contributed by atoms with Gasteiger partial charge < -0.3 is 45.1 Å². The van der Waals surface area contributed by atoms with E-state index < -0.39 is 18.0 Å². The Hall–Kier alpha value is -3.14. The number of rotatable bonds is 35. The summed E-state index contributed by atoms with van der Waals surface area (Å²) in [6.45, 7) is 3.44. The second kappa shape index (κ2) is 32.4. The Morgan fingerprint density at radius 1 is 0.521 bits per heavy atom. The fourth-order valence-corrected chi connectivity index (χ4v) is 4.44. The molecule has 0 heterocycles. The molecule has 0 saturated heterocycles. The number of carboxylic acids is 2. The molecule has 0 aliphatic carbocycles. The predicted octanol–water partition coefficient (Wildman–Crippen LogP) is 2.38. The maximum Gasteiger partial charge on any atom is 0.326 e. The molecule has 0 saturated carbocycles. The zero-order chi connectivity index (χ0) is 35.7. The van der Waals surface area contributed by atoms with Gasteiger partial charge in [0.25, 0.3) is 0 Å². The maximum absolute atomic E-state index is 12.2. The number of carbonyl (C=O) groups is 6. The molecule has 5 N–H and O–H groups in total. The summed E-state index contributed by atoms with van der Waals surface area (Å²) in [5, 5.41) is 25.9. The molecule has 0 unspecified atom stereocenters. The molecule has 48 heavy (non-hydrogen) atoms. The lowest BCUT2D eigenvalue weighted by Crippen LogP contribution is -2.41. The third-order valence-electron chi connectivity index (χ3n) is 7.01. The van der Waals surface area contributed by atoms with Gasteiger partial charge in [-0.25, -0.2) is 4.79 Å². The van der Waals surface area contributed by atoms with E-state index in [-0.39, 0.29) is 88.8 Å². The fraction of sp³-hybridized carbons (Fsp3) is 0.818. The summed E-state index contributed by atoms with van der Waals surface area (Å²) >= 11 is 0. The maximum atomic E-state index is 12.2. The summed E-state index contributed by atoms with van der Waals surface area (Å²) in [5.41, 5.74) is 0. The Kier molecular flexibility index (Phi) is 30.3. The third kappa shape index (κ3) is 32.8. The molecule has 0 bridgehead atoms. The Labute approximate surface area is 284 Å². The highest BCUT2D eigenvalue weighted by Gasteiger charge is 2.20. The first-order chi connectivity index (χ1) is 23.1. The highest BCUT2D eigenvalue weighted by molar-refractivity contribution is 5.84. The number of hydrogen-bond donors (Lipinski definition) is 5. The Morgan fingerprint density at radius 2 is 0.979 bits per heavy atom. The number of aliphatic carboxylic acids is 2. The molecule has 0 fully saturated rings. The van der Waals surface area contributed by atoms with Crippen molar-refractivity contribution in [3.63, 3.8) is 0 Å². The van der Waals surface area contributed by atoms with Crippen molar-refractivity contribution in [1.82, 2.24) is 16.0 Å². The van der Waals surface area contributed by atoms with Crippen molar-refractivity contribution in [2.45, 2.75) is 109 Å². The van der Waals surface area contributed by atoms with Gasteiger partial charge in [0.1, 0.15) is 19.3 Å². The van der Waals surface area contributed by atoms with E-state index in [9.17, 15) is 33.9 Å². The summed E-state index contributed by atoms with van der Waals surface area (Å²) < 4.78 is 20.9. The summed E-state index contributed by atoms with van der Waals surface area (Å²) in [5.74, 6) is -2.96. The van der Waals surface area contributed by atoms with Crippen LogP contribution < -0.4 is 16.0 Å². The molecule has 15 nitrogen and oxygen atoms in total. The van der Waals surface area contributed by atoms with Crippen molar-refractivity contribution >= 4 is 35.4 Å². The third-order valence-corrected chi connectivity index (χ3v) is 7.01. The van der Waals surface area contributed by atoms with Gasteiger partial charge in [-0.15, -0.1) is 0 Å². The van der Waals surface area contributed by atoms with Gasteiger partial charge in [-0.1, -0.05) is 57.8 Å². The minimum atomic E-state index is -1.18. The van der Waals surface area contributed by atoms with E-state index in [0.29, 0.717) is 32.8 Å². The summed E-state index contributed by atoms with van der Waals surface area (Å²) in [7, 11) is 0. The molecule has 278 valence electrons. The van der Waals surface area contributed by atoms with Gasteiger partial charge in [-0.3, -0.25) is 24.0 Å². The van der Waals surface area contributed by atoms with Crippen molar-refractivity contribution in [2.75, 3.05) is 65.9 Å². The van der Waals surface area contributed by atoms with Crippen LogP contribution in [0.3, 0.4) is 0 Å². The highest BCUT2D eigenvalue weighted by Crippen LogP contribution is 2.12. The van der Waals surface area contributed by atoms with E-state index in [1.54, 1.807) is 0 Å². The largest absolute Gasteiger partial charge is 0.481 e. The van der Waals surface area contributed by atoms with Gasteiger partial charge in [0.2, 0.25) is 17.7 Å². The number of carbonyl (C=O) groups excluding carboxylic acids is 4. The smallest absolute Gasteiger partial charge is 0.326 e. The summed E-state index contributed by atoms with van der Waals surface area (Å²) in [6, 6.07) is -1.14. The molecule has 1 atom stereocenters. The zero-order valence-electron chi connectivity index (χ0n) is 28.7. The van der Waals surface area contributed by atoms with Gasteiger partial charge in [0.15, 0.2) is 5.78 Å². The van der Waals surface area contributed by atoms with Crippen molar-refractivity contribution in [1.29, 1.82) is 0 Å². The Balaban J connectivity index is 3.69. The number of ketones is 1. The van der Waals surface area contributed by atoms with Crippen molar-refractivity contribution < 1.29 is 57.9 Å². The Bertz CT molecular complexity index is 903. The number of ether oxygens (including phenoxy) is 4. The van der Waals surface area contributed by atoms with Crippen LogP contribution in [-0.4, -0.2) is 118 Å². The summed E-state index contributed by atoms with van der Waals surface area (Å²) in [4.78, 5) is 68.8. The van der Waals surface area contributed by atoms with E-state index in [4.69, 9.17) is 24.1 Å². The molecule has 0 spiro atoms. The average molecular weight is 690 g/mol. The SMILES string of the molecule is CC(=O)COCCOCCNC(=O)COCCOCCNC(=O)CC[C@H](NC(=O)CCCCCCCCCCCCCC(=O)O)C(=O)O. The molecule has 0 rings (SSSR count). The molecule has 0 aromatic rings. The molecule has 0 aromatic heterocycles. The topological polar surface area (TPSA) is 216 Å². The minimum Gasteiger partial charge on any atom is -0.481 e. The van der Waals surface area contributed by atoms with Crippen molar-refractivity contribution in [2.24, 2.45) is 0 Å². The van der Waals surface area contributed by atoms with E-state index in [2.05, 4.69) is 16.0 Å². The van der Waals surface area contributed by atoms with Crippen LogP contribution in [0, 0.1) is 0 Å². The van der Waals surface area contributed by atoms with Crippen LogP contribution in [0.15, 0.2) is 0 Å². The monoisotopic (exact) mass is 689 g/mol. The lowest BCUT2D eigenvalue weighted by molar-refractivity contribution is -0.142. The van der Waals surface area contributed by atoms with Crippen LogP contribution in [0.25, 0.3) is 0 Å². The summed E-state index contributed by atoms with van der Waals surface area (Å²) in [6.07, 6.45) is 11.4. The van der Waals surface area contributed by atoms with Crippen molar-refractivity contribution in [3.8, 4) is 0 Å². The first-order valence-electron chi connectivity index (χ1n) is 17.2. The fourth-order valence-electron chi connectivity index (χ4n) is 4.44. The van der Waals surface area contributed by atoms with Crippen LogP contribution in [0.4, 0.5) is 0 Å². The van der Waals surface area contributed by atoms with Crippen LogP contribution >= 0.6 is 0 Å². The number of amides is 3. The number of carboxylic acid groups (broad SMARTS) is 2. The zero-order valence-corrected chi connectivity index (χ0v) is 28.7. The van der Waals surface area contributed by atoms with E-state index >= 15 is 0 Å². The highest BCUT2D eigenvalue weighted by atomic mass is 16.5.